The van der Waals surface area contributed by atoms with Crippen LogP contribution in [0.4, 0.5) is 0 Å². The molecule has 1 saturated carbocycles. The maximum atomic E-state index is 5.48. The molecule has 3 heterocycles. The number of fused-ring (bicyclic) bond motifs is 2. The van der Waals surface area contributed by atoms with Crippen LogP contribution >= 0.6 is 0 Å². The summed E-state index contributed by atoms with van der Waals surface area (Å²) in [5.41, 5.74) is 3.79. The van der Waals surface area contributed by atoms with Crippen molar-refractivity contribution in [3.8, 4) is 11.5 Å². The molecule has 0 amide bonds. The first-order valence-corrected chi connectivity index (χ1v) is 8.78. The molecule has 0 saturated heterocycles. The quantitative estimate of drug-likeness (QED) is 0.866. The third kappa shape index (κ3) is 2.84. The Hall–Kier alpha value is -2.14. The van der Waals surface area contributed by atoms with E-state index in [9.17, 15) is 0 Å². The third-order valence-electron chi connectivity index (χ3n) is 5.09. The summed E-state index contributed by atoms with van der Waals surface area (Å²) >= 11 is 0. The predicted molar refractivity (Wildman–Crippen MR) is 88.8 cm³/mol. The molecule has 5 nitrogen and oxygen atoms in total. The lowest BCUT2D eigenvalue weighted by atomic mass is 10.1. The third-order valence-corrected chi connectivity index (χ3v) is 5.09. The fraction of sp³-hybridized carbons (Fsp3) is 0.474. The summed E-state index contributed by atoms with van der Waals surface area (Å²) in [5.74, 6) is 3.57. The second-order valence-corrected chi connectivity index (χ2v) is 7.05. The Morgan fingerprint density at radius 3 is 3.00 bits per heavy atom. The van der Waals surface area contributed by atoms with Gasteiger partial charge in [0.15, 0.2) is 11.5 Å². The molecule has 1 fully saturated rings. The van der Waals surface area contributed by atoms with Crippen molar-refractivity contribution in [2.24, 2.45) is 5.92 Å². The molecule has 24 heavy (non-hydrogen) atoms. The van der Waals surface area contributed by atoms with Crippen LogP contribution in [0.15, 0.2) is 24.4 Å². The molecular weight excluding hydrogens is 302 g/mol. The molecule has 3 aliphatic rings. The maximum absolute atomic E-state index is 5.48. The highest BCUT2D eigenvalue weighted by Gasteiger charge is 2.24. The minimum Gasteiger partial charge on any atom is -0.454 e. The summed E-state index contributed by atoms with van der Waals surface area (Å²) in [5, 5.41) is 0. The Labute approximate surface area is 141 Å². The molecule has 2 aromatic rings. The predicted octanol–water partition coefficient (Wildman–Crippen LogP) is 2.72. The standard InChI is InChI=1S/C19H21N3O2/c1-2-13(1)8-19-20-9-15-5-6-22(11-16(15)21-19)10-14-3-4-17-18(7-14)24-12-23-17/h3-4,7,9,13H,1-2,5-6,8,10-12H2. The van der Waals surface area contributed by atoms with Gasteiger partial charge >= 0.3 is 0 Å². The van der Waals surface area contributed by atoms with Crippen LogP contribution in [-0.4, -0.2) is 28.2 Å². The van der Waals surface area contributed by atoms with Crippen LogP contribution in [0, 0.1) is 5.92 Å². The Bertz CT molecular complexity index is 773. The van der Waals surface area contributed by atoms with Crippen molar-refractivity contribution in [2.75, 3.05) is 13.3 Å². The van der Waals surface area contributed by atoms with Crippen molar-refractivity contribution in [3.63, 3.8) is 0 Å². The van der Waals surface area contributed by atoms with Crippen LogP contribution in [0.1, 0.15) is 35.5 Å². The van der Waals surface area contributed by atoms with Gasteiger partial charge < -0.3 is 9.47 Å². The van der Waals surface area contributed by atoms with Crippen molar-refractivity contribution in [3.05, 3.63) is 47.0 Å². The monoisotopic (exact) mass is 323 g/mol. The van der Waals surface area contributed by atoms with E-state index < -0.39 is 0 Å². The molecule has 1 aromatic heterocycles. The van der Waals surface area contributed by atoms with E-state index >= 15 is 0 Å². The fourth-order valence-corrected chi connectivity index (χ4v) is 3.51. The van der Waals surface area contributed by atoms with Gasteiger partial charge in [0.2, 0.25) is 6.79 Å². The number of benzene rings is 1. The van der Waals surface area contributed by atoms with E-state index in [0.717, 1.165) is 55.7 Å². The number of ether oxygens (including phenoxy) is 2. The number of aromatic nitrogens is 2. The number of hydrogen-bond donors (Lipinski definition) is 0. The van der Waals surface area contributed by atoms with Gasteiger partial charge in [-0.05, 0) is 48.4 Å². The summed E-state index contributed by atoms with van der Waals surface area (Å²) in [7, 11) is 0. The molecule has 0 bridgehead atoms. The number of rotatable bonds is 4. The highest BCUT2D eigenvalue weighted by Crippen LogP contribution is 2.34. The van der Waals surface area contributed by atoms with E-state index in [0.29, 0.717) is 6.79 Å². The molecule has 0 unspecified atom stereocenters. The fourth-order valence-electron chi connectivity index (χ4n) is 3.51. The zero-order valence-corrected chi connectivity index (χ0v) is 13.7. The summed E-state index contributed by atoms with van der Waals surface area (Å²) < 4.78 is 10.9. The highest BCUT2D eigenvalue weighted by atomic mass is 16.7. The molecule has 0 radical (unpaired) electrons. The average Bonchev–Trinajstić information content (AvgIpc) is 3.28. The molecular formula is C19H21N3O2. The first-order valence-electron chi connectivity index (χ1n) is 8.78. The summed E-state index contributed by atoms with van der Waals surface area (Å²) in [6.45, 7) is 3.20. The Kier molecular flexibility index (Phi) is 3.40. The zero-order chi connectivity index (χ0) is 15.9. The second kappa shape index (κ2) is 5.74. The molecule has 0 atom stereocenters. The van der Waals surface area contributed by atoms with Gasteiger partial charge in [-0.1, -0.05) is 6.07 Å². The van der Waals surface area contributed by atoms with E-state index in [1.807, 2.05) is 6.07 Å². The van der Waals surface area contributed by atoms with E-state index in [-0.39, 0.29) is 0 Å². The van der Waals surface area contributed by atoms with Gasteiger partial charge in [0.05, 0.1) is 5.69 Å². The van der Waals surface area contributed by atoms with Gasteiger partial charge in [-0.25, -0.2) is 9.97 Å². The Morgan fingerprint density at radius 2 is 2.08 bits per heavy atom. The minimum absolute atomic E-state index is 0.330. The lowest BCUT2D eigenvalue weighted by molar-refractivity contribution is 0.174. The Morgan fingerprint density at radius 1 is 1.17 bits per heavy atom. The lowest BCUT2D eigenvalue weighted by Gasteiger charge is -2.28. The highest BCUT2D eigenvalue weighted by molar-refractivity contribution is 5.44. The minimum atomic E-state index is 0.330. The van der Waals surface area contributed by atoms with Crippen LogP contribution in [0.5, 0.6) is 11.5 Å². The van der Waals surface area contributed by atoms with E-state index in [1.54, 1.807) is 0 Å². The molecule has 1 aromatic carbocycles. The molecule has 5 heteroatoms. The van der Waals surface area contributed by atoms with Crippen molar-refractivity contribution in [1.82, 2.24) is 14.9 Å². The summed E-state index contributed by atoms with van der Waals surface area (Å²) in [4.78, 5) is 11.9. The van der Waals surface area contributed by atoms with Crippen molar-refractivity contribution in [2.45, 2.75) is 38.8 Å². The van der Waals surface area contributed by atoms with E-state index in [1.165, 1.54) is 29.7 Å². The normalized spacial score (nSPS) is 19.3. The molecule has 124 valence electrons. The maximum Gasteiger partial charge on any atom is 0.231 e. The smallest absolute Gasteiger partial charge is 0.231 e. The first-order chi connectivity index (χ1) is 11.8. The van der Waals surface area contributed by atoms with Crippen LogP contribution in [-0.2, 0) is 25.9 Å². The van der Waals surface area contributed by atoms with Crippen molar-refractivity contribution in [1.29, 1.82) is 0 Å². The first kappa shape index (κ1) is 14.2. The average molecular weight is 323 g/mol. The second-order valence-electron chi connectivity index (χ2n) is 7.05. The zero-order valence-electron chi connectivity index (χ0n) is 13.7. The van der Waals surface area contributed by atoms with Gasteiger partial charge in [-0.2, -0.15) is 0 Å². The van der Waals surface area contributed by atoms with Gasteiger partial charge in [0.25, 0.3) is 0 Å². The van der Waals surface area contributed by atoms with Gasteiger partial charge in [0.1, 0.15) is 5.82 Å². The van der Waals surface area contributed by atoms with Crippen molar-refractivity contribution >= 4 is 0 Å². The van der Waals surface area contributed by atoms with Gasteiger partial charge in [0, 0.05) is 32.3 Å². The van der Waals surface area contributed by atoms with Crippen LogP contribution < -0.4 is 9.47 Å². The molecule has 0 N–H and O–H groups in total. The number of hydrogen-bond acceptors (Lipinski definition) is 5. The van der Waals surface area contributed by atoms with Crippen LogP contribution in [0.3, 0.4) is 0 Å². The summed E-state index contributed by atoms with van der Waals surface area (Å²) in [6, 6.07) is 6.23. The SMILES string of the molecule is c1cc2c(cc1CN1CCc3cnc(CC4CC4)nc3C1)OCO2. The van der Waals surface area contributed by atoms with Crippen molar-refractivity contribution < 1.29 is 9.47 Å². The molecule has 2 aliphatic heterocycles. The van der Waals surface area contributed by atoms with Crippen LogP contribution in [0.2, 0.25) is 0 Å². The molecule has 1 aliphatic carbocycles. The molecule has 0 spiro atoms. The van der Waals surface area contributed by atoms with E-state index in [4.69, 9.17) is 14.5 Å². The molecule has 5 rings (SSSR count). The number of nitrogens with zero attached hydrogens (tertiary/aromatic N) is 3. The van der Waals surface area contributed by atoms with Gasteiger partial charge in [-0.3, -0.25) is 4.90 Å². The van der Waals surface area contributed by atoms with E-state index in [2.05, 4.69) is 28.2 Å². The summed E-state index contributed by atoms with van der Waals surface area (Å²) in [6.07, 6.45) is 6.82. The topological polar surface area (TPSA) is 47.5 Å². The largest absolute Gasteiger partial charge is 0.454 e. The van der Waals surface area contributed by atoms with Crippen LogP contribution in [0.25, 0.3) is 0 Å². The lowest BCUT2D eigenvalue weighted by Crippen LogP contribution is -2.31. The van der Waals surface area contributed by atoms with Gasteiger partial charge in [-0.15, -0.1) is 0 Å². The Balaban J connectivity index is 1.30.